The third-order valence-electron chi connectivity index (χ3n) is 5.38. The van der Waals surface area contributed by atoms with Crippen LogP contribution in [-0.4, -0.2) is 45.4 Å². The number of nitrogens with two attached hydrogens (primary N) is 1. The van der Waals surface area contributed by atoms with Crippen LogP contribution in [0.4, 0.5) is 5.82 Å². The summed E-state index contributed by atoms with van der Waals surface area (Å²) in [6.07, 6.45) is 4.71. The minimum atomic E-state index is -0.537. The predicted octanol–water partition coefficient (Wildman–Crippen LogP) is 3.95. The molecule has 0 saturated carbocycles. The first-order valence-corrected chi connectivity index (χ1v) is 11.1. The number of nitrogen functional groups attached to an aromatic ring is 1. The normalized spacial score (nSPS) is 18.6. The minimum Gasteiger partial charge on any atom is -0.460 e. The molecular weight excluding hydrogens is 404 g/mol. The summed E-state index contributed by atoms with van der Waals surface area (Å²) in [6.45, 7) is 10.5. The van der Waals surface area contributed by atoms with Crippen LogP contribution in [0.25, 0.3) is 0 Å². The van der Waals surface area contributed by atoms with Crippen molar-refractivity contribution in [3.05, 3.63) is 16.5 Å². The summed E-state index contributed by atoms with van der Waals surface area (Å²) in [5.74, 6) is 0.839. The summed E-state index contributed by atoms with van der Waals surface area (Å²) in [7, 11) is 0. The van der Waals surface area contributed by atoms with Crippen molar-refractivity contribution in [3.8, 4) is 0 Å². The molecule has 2 rings (SSSR count). The first kappa shape index (κ1) is 24.4. The van der Waals surface area contributed by atoms with Crippen LogP contribution in [0.15, 0.2) is 0 Å². The Morgan fingerprint density at radius 1 is 1.27 bits per heavy atom. The molecule has 1 saturated heterocycles. The van der Waals surface area contributed by atoms with Crippen LogP contribution >= 0.6 is 11.6 Å². The van der Waals surface area contributed by atoms with Gasteiger partial charge in [0.05, 0.1) is 6.42 Å². The SMILES string of the molecule is Cc1nc(N)c(CCC2CCCN(C(=O)[C@H](C)CC(=O)OC(C)(C)C)CC2)c(Cl)n1. The van der Waals surface area contributed by atoms with Crippen molar-refractivity contribution in [2.24, 2.45) is 11.8 Å². The standard InChI is InChI=1S/C22H35ClN4O3/c1-14(13-18(28)30-22(3,4)5)21(29)27-11-6-7-16(10-12-27)8-9-17-19(23)25-15(2)26-20(17)24/h14,16H,6-13H2,1-5H3,(H2,24,25,26)/t14-,16?/m1/s1. The van der Waals surface area contributed by atoms with E-state index in [9.17, 15) is 9.59 Å². The number of aromatic nitrogens is 2. The molecule has 1 amide bonds. The predicted molar refractivity (Wildman–Crippen MR) is 118 cm³/mol. The number of anilines is 1. The summed E-state index contributed by atoms with van der Waals surface area (Å²) in [4.78, 5) is 35.2. The van der Waals surface area contributed by atoms with Crippen molar-refractivity contribution in [2.45, 2.75) is 78.7 Å². The monoisotopic (exact) mass is 438 g/mol. The van der Waals surface area contributed by atoms with Gasteiger partial charge in [0.15, 0.2) is 0 Å². The Morgan fingerprint density at radius 3 is 2.60 bits per heavy atom. The molecule has 0 radical (unpaired) electrons. The van der Waals surface area contributed by atoms with Crippen LogP contribution in [0.1, 0.15) is 71.2 Å². The molecule has 1 unspecified atom stereocenters. The van der Waals surface area contributed by atoms with Crippen LogP contribution in [0.3, 0.4) is 0 Å². The molecule has 2 atom stereocenters. The van der Waals surface area contributed by atoms with E-state index in [2.05, 4.69) is 9.97 Å². The van der Waals surface area contributed by atoms with Crippen LogP contribution in [0.2, 0.25) is 5.15 Å². The lowest BCUT2D eigenvalue weighted by atomic mass is 9.93. The fourth-order valence-corrected chi connectivity index (χ4v) is 4.18. The highest BCUT2D eigenvalue weighted by Gasteiger charge is 2.27. The van der Waals surface area contributed by atoms with E-state index < -0.39 is 5.60 Å². The maximum atomic E-state index is 12.8. The summed E-state index contributed by atoms with van der Waals surface area (Å²) in [5, 5.41) is 0.432. The molecular formula is C22H35ClN4O3. The van der Waals surface area contributed by atoms with Crippen molar-refractivity contribution in [2.75, 3.05) is 18.8 Å². The number of halogens is 1. The maximum absolute atomic E-state index is 12.8. The third-order valence-corrected chi connectivity index (χ3v) is 5.69. The van der Waals surface area contributed by atoms with Gasteiger partial charge in [-0.1, -0.05) is 18.5 Å². The van der Waals surface area contributed by atoms with Gasteiger partial charge in [-0.15, -0.1) is 0 Å². The van der Waals surface area contributed by atoms with E-state index in [1.165, 1.54) is 0 Å². The van der Waals surface area contributed by atoms with Gasteiger partial charge in [0.1, 0.15) is 22.4 Å². The summed E-state index contributed by atoms with van der Waals surface area (Å²) in [5.41, 5.74) is 6.29. The van der Waals surface area contributed by atoms with E-state index in [1.54, 1.807) is 13.8 Å². The van der Waals surface area contributed by atoms with Gasteiger partial charge in [0.2, 0.25) is 5.91 Å². The number of carbonyl (C=O) groups is 2. The van der Waals surface area contributed by atoms with Gasteiger partial charge in [-0.2, -0.15) is 0 Å². The second-order valence-corrected chi connectivity index (χ2v) is 9.64. The van der Waals surface area contributed by atoms with E-state index in [0.717, 1.165) is 44.2 Å². The Balaban J connectivity index is 1.85. The molecule has 2 N–H and O–H groups in total. The number of rotatable bonds is 6. The summed E-state index contributed by atoms with van der Waals surface area (Å²) < 4.78 is 5.35. The smallest absolute Gasteiger partial charge is 0.307 e. The Bertz CT molecular complexity index is 740. The van der Waals surface area contributed by atoms with Crippen LogP contribution in [-0.2, 0) is 20.7 Å². The minimum absolute atomic E-state index is 0.0285. The first-order chi connectivity index (χ1) is 14.0. The molecule has 0 bridgehead atoms. The number of likely N-dealkylation sites (tertiary alicyclic amines) is 1. The molecule has 8 heteroatoms. The molecule has 1 aliphatic heterocycles. The Morgan fingerprint density at radius 2 is 1.97 bits per heavy atom. The Labute approximate surface area is 184 Å². The summed E-state index contributed by atoms with van der Waals surface area (Å²) in [6, 6.07) is 0. The summed E-state index contributed by atoms with van der Waals surface area (Å²) >= 11 is 6.24. The molecule has 168 valence electrons. The molecule has 0 spiro atoms. The van der Waals surface area contributed by atoms with E-state index in [0.29, 0.717) is 29.3 Å². The number of aryl methyl sites for hydroxylation is 1. The zero-order valence-corrected chi connectivity index (χ0v) is 19.6. The highest BCUT2D eigenvalue weighted by atomic mass is 35.5. The van der Waals surface area contributed by atoms with Gasteiger partial charge in [0, 0.05) is 24.6 Å². The molecule has 0 aromatic carbocycles. The van der Waals surface area contributed by atoms with Crippen LogP contribution in [0.5, 0.6) is 0 Å². The molecule has 1 aromatic rings. The number of hydrogen-bond donors (Lipinski definition) is 1. The molecule has 1 fully saturated rings. The second kappa shape index (κ2) is 10.4. The highest BCUT2D eigenvalue weighted by Crippen LogP contribution is 2.27. The lowest BCUT2D eigenvalue weighted by molar-refractivity contribution is -0.158. The van der Waals surface area contributed by atoms with E-state index in [4.69, 9.17) is 22.1 Å². The van der Waals surface area contributed by atoms with Crippen LogP contribution in [0, 0.1) is 18.8 Å². The van der Waals surface area contributed by atoms with Crippen LogP contribution < -0.4 is 5.73 Å². The molecule has 0 aliphatic carbocycles. The number of ether oxygens (including phenoxy) is 1. The number of carbonyl (C=O) groups excluding carboxylic acids is 2. The number of hydrogen-bond acceptors (Lipinski definition) is 6. The van der Waals surface area contributed by atoms with Gasteiger partial charge in [0.25, 0.3) is 0 Å². The van der Waals surface area contributed by atoms with Crippen molar-refractivity contribution >= 4 is 29.3 Å². The van der Waals surface area contributed by atoms with Crippen molar-refractivity contribution in [3.63, 3.8) is 0 Å². The lowest BCUT2D eigenvalue weighted by Gasteiger charge is -2.25. The number of nitrogens with zero attached hydrogens (tertiary/aromatic N) is 3. The van der Waals surface area contributed by atoms with Gasteiger partial charge >= 0.3 is 5.97 Å². The van der Waals surface area contributed by atoms with Crippen molar-refractivity contribution in [1.82, 2.24) is 14.9 Å². The van der Waals surface area contributed by atoms with Crippen molar-refractivity contribution < 1.29 is 14.3 Å². The van der Waals surface area contributed by atoms with Crippen molar-refractivity contribution in [1.29, 1.82) is 0 Å². The molecule has 2 heterocycles. The lowest BCUT2D eigenvalue weighted by Crippen LogP contribution is -2.37. The topological polar surface area (TPSA) is 98.4 Å². The van der Waals surface area contributed by atoms with Gasteiger partial charge in [-0.25, -0.2) is 9.97 Å². The average Bonchev–Trinajstić information content (AvgIpc) is 2.84. The zero-order chi connectivity index (χ0) is 22.5. The molecule has 1 aliphatic rings. The Hall–Kier alpha value is -1.89. The van der Waals surface area contributed by atoms with Gasteiger partial charge < -0.3 is 15.4 Å². The zero-order valence-electron chi connectivity index (χ0n) is 18.8. The van der Waals surface area contributed by atoms with Gasteiger partial charge in [-0.05, 0) is 65.7 Å². The van der Waals surface area contributed by atoms with E-state index in [-0.39, 0.29) is 24.2 Å². The van der Waals surface area contributed by atoms with E-state index >= 15 is 0 Å². The Kier molecular flexibility index (Phi) is 8.47. The average molecular weight is 439 g/mol. The fourth-order valence-electron chi connectivity index (χ4n) is 3.87. The molecule has 30 heavy (non-hydrogen) atoms. The number of amides is 1. The highest BCUT2D eigenvalue weighted by molar-refractivity contribution is 6.30. The molecule has 7 nitrogen and oxygen atoms in total. The fraction of sp³-hybridized carbons (Fsp3) is 0.727. The maximum Gasteiger partial charge on any atom is 0.307 e. The van der Waals surface area contributed by atoms with E-state index in [1.807, 2.05) is 25.7 Å². The second-order valence-electron chi connectivity index (χ2n) is 9.28. The quantitative estimate of drug-likeness (QED) is 0.533. The first-order valence-electron chi connectivity index (χ1n) is 10.8. The molecule has 1 aromatic heterocycles. The third kappa shape index (κ3) is 7.42. The number of esters is 1. The van der Waals surface area contributed by atoms with Gasteiger partial charge in [-0.3, -0.25) is 9.59 Å². The largest absolute Gasteiger partial charge is 0.460 e.